The fraction of sp³-hybridized carbons (Fsp3) is 0.357. The second-order valence-electron chi connectivity index (χ2n) is 20.2. The zero-order chi connectivity index (χ0) is 44.9. The van der Waals surface area contributed by atoms with Gasteiger partial charge in [-0.05, 0) is 152 Å². The smallest absolute Gasteiger partial charge is 0.121 e. The number of rotatable bonds is 3. The second-order valence-corrected chi connectivity index (χ2v) is 20.2. The summed E-state index contributed by atoms with van der Waals surface area (Å²) in [5, 5.41) is 7.00. The number of hydrogen-bond acceptors (Lipinski definition) is 3. The van der Waals surface area contributed by atoms with Crippen LogP contribution in [-0.4, -0.2) is 9.97 Å². The van der Waals surface area contributed by atoms with Gasteiger partial charge in [0.2, 0.25) is 0 Å². The van der Waals surface area contributed by atoms with E-state index in [-0.39, 0.29) is 47.3 Å². The molecule has 0 saturated heterocycles. The van der Waals surface area contributed by atoms with Crippen LogP contribution in [0.2, 0.25) is 0 Å². The van der Waals surface area contributed by atoms with E-state index >= 15 is 0 Å². The van der Waals surface area contributed by atoms with Gasteiger partial charge in [0.15, 0.2) is 0 Å². The van der Waals surface area contributed by atoms with Crippen LogP contribution in [0.5, 0.6) is 0 Å². The van der Waals surface area contributed by atoms with Crippen molar-refractivity contribution in [1.82, 2.24) is 9.97 Å². The van der Waals surface area contributed by atoms with E-state index in [1.807, 2.05) is 48.7 Å². The summed E-state index contributed by atoms with van der Waals surface area (Å²) >= 11 is 0. The average Bonchev–Trinajstić information content (AvgIpc) is 3.60. The molecule has 2 aliphatic rings. The maximum Gasteiger partial charge on any atom is 0.121 e. The van der Waals surface area contributed by atoms with Crippen LogP contribution in [-0.2, 0) is 36.4 Å². The van der Waals surface area contributed by atoms with Crippen LogP contribution in [0.1, 0.15) is 134 Å². The van der Waals surface area contributed by atoms with Gasteiger partial charge < -0.3 is 14.4 Å². The Kier molecular flexibility index (Phi) is 9.52. The maximum absolute atomic E-state index is 9.51. The molecule has 3 nitrogen and oxygen atoms in total. The normalized spacial score (nSPS) is 18.8. The number of hydrogen-bond donors (Lipinski definition) is 0. The van der Waals surface area contributed by atoms with E-state index in [9.17, 15) is 1.37 Å². The quantitative estimate of drug-likeness (QED) is 0.131. The summed E-state index contributed by atoms with van der Waals surface area (Å²) in [6.07, 6.45) is 7.40. The average molecular weight is 971 g/mol. The molecular weight excluding hydrogens is 909 g/mol. The van der Waals surface area contributed by atoms with Crippen molar-refractivity contribution in [2.24, 2.45) is 5.41 Å². The van der Waals surface area contributed by atoms with Crippen molar-refractivity contribution < 1.29 is 30.0 Å². The number of benzene rings is 5. The third kappa shape index (κ3) is 7.64. The van der Waals surface area contributed by atoms with Crippen LogP contribution < -0.4 is 0 Å². The van der Waals surface area contributed by atoms with E-state index in [4.69, 9.17) is 8.53 Å². The molecule has 0 unspecified atom stereocenters. The van der Waals surface area contributed by atoms with Crippen LogP contribution in [0, 0.1) is 24.4 Å². The number of nitrogens with zero attached hydrogens (tertiary/aromatic N) is 2. The Balaban J connectivity index is 0.000000279. The summed E-state index contributed by atoms with van der Waals surface area (Å²) in [6.45, 7) is 18.2. The SMILES string of the molecule is CC(C)(C)c1ccnc(-c2[c-]cccc2)c1.[2H]C([2H])([2H])c1cnc(-c2[c-]ccc3c2oc2cc4c(cc5c6c(cccc64)C(C)(C)CC5(C)C)cc23)cc1C1([2H])CCC(C)(C)CC1.[Ir]. The van der Waals surface area contributed by atoms with Gasteiger partial charge in [0.1, 0.15) is 5.58 Å². The summed E-state index contributed by atoms with van der Waals surface area (Å²) in [5.41, 5.74) is 10.0. The molecule has 5 aromatic carbocycles. The minimum absolute atomic E-state index is 0. The molecule has 2 aliphatic carbocycles. The Morgan fingerprint density at radius 1 is 0.750 bits per heavy atom. The Hall–Kier alpha value is -4.63. The summed E-state index contributed by atoms with van der Waals surface area (Å²) in [7, 11) is 0. The van der Waals surface area contributed by atoms with Gasteiger partial charge in [-0.2, -0.15) is 0 Å². The third-order valence-corrected chi connectivity index (χ3v) is 13.2. The first-order valence-corrected chi connectivity index (χ1v) is 21.3. The predicted octanol–water partition coefficient (Wildman–Crippen LogP) is 15.5. The van der Waals surface area contributed by atoms with Crippen molar-refractivity contribution in [2.75, 3.05) is 0 Å². The molecule has 3 aromatic heterocycles. The fourth-order valence-electron chi connectivity index (χ4n) is 10.0. The van der Waals surface area contributed by atoms with Crippen molar-refractivity contribution in [3.63, 3.8) is 0 Å². The molecule has 0 atom stereocenters. The molecule has 0 aliphatic heterocycles. The first kappa shape index (κ1) is 37.2. The van der Waals surface area contributed by atoms with Gasteiger partial charge in [0, 0.05) is 43.4 Å². The second kappa shape index (κ2) is 15.4. The van der Waals surface area contributed by atoms with Gasteiger partial charge in [-0.25, -0.2) is 0 Å². The number of aromatic nitrogens is 2. The third-order valence-electron chi connectivity index (χ3n) is 13.2. The van der Waals surface area contributed by atoms with Crippen LogP contribution >= 0.6 is 0 Å². The molecule has 0 spiro atoms. The van der Waals surface area contributed by atoms with E-state index < -0.39 is 12.7 Å². The summed E-state index contributed by atoms with van der Waals surface area (Å²) in [5.74, 6) is -0.986. The number of fused-ring (bicyclic) bond motifs is 5. The summed E-state index contributed by atoms with van der Waals surface area (Å²) in [6, 6.07) is 38.1. The summed E-state index contributed by atoms with van der Waals surface area (Å²) in [4.78, 5) is 9.07. The van der Waals surface area contributed by atoms with E-state index in [0.717, 1.165) is 46.9 Å². The van der Waals surface area contributed by atoms with Crippen LogP contribution in [0.15, 0.2) is 108 Å². The molecule has 1 fully saturated rings. The molecule has 1 radical (unpaired) electrons. The summed E-state index contributed by atoms with van der Waals surface area (Å²) < 4.78 is 41.0. The number of aryl methyl sites for hydroxylation is 1. The molecule has 0 N–H and O–H groups in total. The van der Waals surface area contributed by atoms with Gasteiger partial charge in [0.05, 0.1) is 5.58 Å². The van der Waals surface area contributed by atoms with Crippen LogP contribution in [0.25, 0.3) is 66.0 Å². The van der Waals surface area contributed by atoms with E-state index in [1.54, 1.807) is 0 Å². The van der Waals surface area contributed by atoms with Crippen molar-refractivity contribution in [3.05, 3.63) is 143 Å². The number of furan rings is 1. The maximum atomic E-state index is 9.51. The van der Waals surface area contributed by atoms with Gasteiger partial charge in [0.25, 0.3) is 0 Å². The molecule has 60 heavy (non-hydrogen) atoms. The van der Waals surface area contributed by atoms with Crippen molar-refractivity contribution >= 4 is 43.5 Å². The van der Waals surface area contributed by atoms with Crippen LogP contribution in [0.3, 0.4) is 0 Å². The molecule has 8 aromatic rings. The fourth-order valence-corrected chi connectivity index (χ4v) is 10.0. The van der Waals surface area contributed by atoms with Crippen molar-refractivity contribution in [2.45, 2.75) is 123 Å². The topological polar surface area (TPSA) is 38.9 Å². The molecule has 1 saturated carbocycles. The molecule has 3 heterocycles. The van der Waals surface area contributed by atoms with Crippen LogP contribution in [0.4, 0.5) is 0 Å². The minimum Gasteiger partial charge on any atom is -0.501 e. The van der Waals surface area contributed by atoms with Crippen molar-refractivity contribution in [1.29, 1.82) is 0 Å². The largest absolute Gasteiger partial charge is 0.501 e. The molecule has 10 rings (SSSR count). The first-order valence-electron chi connectivity index (χ1n) is 23.3. The molecule has 4 heteroatoms. The van der Waals surface area contributed by atoms with Crippen molar-refractivity contribution in [3.8, 4) is 22.5 Å². The Bertz CT molecular complexity index is 3050. The zero-order valence-electron chi connectivity index (χ0n) is 40.5. The van der Waals surface area contributed by atoms with Gasteiger partial charge in [-0.15, -0.1) is 54.1 Å². The first-order chi connectivity index (χ1) is 29.5. The molecule has 309 valence electrons. The minimum atomic E-state index is -2.36. The van der Waals surface area contributed by atoms with Gasteiger partial charge >= 0.3 is 0 Å². The standard InChI is InChI=1S/C41H42NO.C15H16N.Ir/c1-24-22-42-35(20-30(24)25-14-16-39(2,3)17-15-25)29-12-8-11-28-32-18-26-19-34-37-27(31(26)21-36(32)43-38(28)29)10-9-13-33(37)40(4,5)23-41(34,6)7;1-15(2,3)13-9-10-16-14(11-13)12-7-5-4-6-8-12;/h8-11,13,18-22,25H,14-17,23H2,1-7H3;4-7,9-11H,1-3H3;/q2*-1;/i1D3,25D;;. The number of pyridine rings is 2. The van der Waals surface area contributed by atoms with E-state index in [0.29, 0.717) is 35.2 Å². The predicted molar refractivity (Wildman–Crippen MR) is 248 cm³/mol. The van der Waals surface area contributed by atoms with Gasteiger partial charge in [-0.1, -0.05) is 104 Å². The molecular formula is C56H58IrN2O-2. The Morgan fingerprint density at radius 3 is 2.27 bits per heavy atom. The monoisotopic (exact) mass is 971 g/mol. The molecule has 0 bridgehead atoms. The zero-order valence-corrected chi connectivity index (χ0v) is 38.9. The van der Waals surface area contributed by atoms with E-state index in [1.165, 1.54) is 44.4 Å². The van der Waals surface area contributed by atoms with Gasteiger partial charge in [-0.3, -0.25) is 0 Å². The van der Waals surface area contributed by atoms with E-state index in [2.05, 4.69) is 133 Å². The Morgan fingerprint density at radius 2 is 1.53 bits per heavy atom. The molecule has 0 amide bonds. The Labute approximate surface area is 376 Å².